The van der Waals surface area contributed by atoms with Crippen LogP contribution in [0.15, 0.2) is 0 Å². The molecule has 0 aromatic carbocycles. The van der Waals surface area contributed by atoms with Gasteiger partial charge in [-0.15, -0.1) is 0 Å². The predicted molar refractivity (Wildman–Crippen MR) is 69.9 cm³/mol. The summed E-state index contributed by atoms with van der Waals surface area (Å²) in [5, 5.41) is 43.9. The first-order valence-corrected chi connectivity index (χ1v) is 7.52. The summed E-state index contributed by atoms with van der Waals surface area (Å²) in [5.74, 6) is -2.59. The lowest BCUT2D eigenvalue weighted by atomic mass is 9.34. The van der Waals surface area contributed by atoms with Crippen LogP contribution in [-0.2, 0) is 9.53 Å². The average molecular weight is 298 g/mol. The van der Waals surface area contributed by atoms with Crippen molar-refractivity contribution in [2.75, 3.05) is 6.61 Å². The molecule has 0 aromatic heterocycles. The number of carbonyl (C=O) groups is 1. The smallest absolute Gasteiger partial charge is 0.201 e. The van der Waals surface area contributed by atoms with Crippen molar-refractivity contribution in [2.24, 2.45) is 22.2 Å². The highest BCUT2D eigenvalue weighted by Crippen LogP contribution is 2.80. The Balaban J connectivity index is 2.12. The van der Waals surface area contributed by atoms with Crippen molar-refractivity contribution >= 4 is 5.78 Å². The lowest BCUT2D eigenvalue weighted by molar-refractivity contribution is -0.406. The van der Waals surface area contributed by atoms with Gasteiger partial charge in [0, 0.05) is 17.3 Å². The quantitative estimate of drug-likeness (QED) is 0.466. The molecule has 6 nitrogen and oxygen atoms in total. The molecule has 5 aliphatic rings. The second-order valence-electron chi connectivity index (χ2n) is 7.92. The second kappa shape index (κ2) is 3.21. The maximum Gasteiger partial charge on any atom is 0.201 e. The number of rotatable bonds is 0. The average Bonchev–Trinajstić information content (AvgIpc) is 2.74. The molecule has 1 spiro atoms. The zero-order valence-electron chi connectivity index (χ0n) is 12.5. The highest BCUT2D eigenvalue weighted by atomic mass is 16.7. The summed E-state index contributed by atoms with van der Waals surface area (Å²) in [7, 11) is 0. The zero-order chi connectivity index (χ0) is 15.6. The van der Waals surface area contributed by atoms with Gasteiger partial charge in [0.05, 0.1) is 18.1 Å². The summed E-state index contributed by atoms with van der Waals surface area (Å²) in [4.78, 5) is 12.6. The van der Waals surface area contributed by atoms with Gasteiger partial charge in [0.1, 0.15) is 11.7 Å². The Morgan fingerprint density at radius 1 is 1.24 bits per heavy atom. The molecule has 4 bridgehead atoms. The van der Waals surface area contributed by atoms with E-state index in [0.717, 1.165) is 0 Å². The fourth-order valence-electron chi connectivity index (χ4n) is 6.25. The van der Waals surface area contributed by atoms with E-state index in [9.17, 15) is 25.2 Å². The Morgan fingerprint density at radius 3 is 2.48 bits per heavy atom. The van der Waals surface area contributed by atoms with E-state index in [-0.39, 0.29) is 31.1 Å². The fourth-order valence-corrected chi connectivity index (χ4v) is 6.25. The molecular formula is C15H22O6. The number of hydrogen-bond acceptors (Lipinski definition) is 6. The minimum atomic E-state index is -1.94. The minimum Gasteiger partial charge on any atom is -0.392 e. The second-order valence-corrected chi connectivity index (χ2v) is 7.92. The molecule has 5 rings (SSSR count). The van der Waals surface area contributed by atoms with E-state index >= 15 is 0 Å². The van der Waals surface area contributed by atoms with Crippen LogP contribution < -0.4 is 0 Å². The van der Waals surface area contributed by atoms with Crippen molar-refractivity contribution in [3.63, 3.8) is 0 Å². The summed E-state index contributed by atoms with van der Waals surface area (Å²) in [6.07, 6.45) is -2.12. The molecule has 0 amide bonds. The van der Waals surface area contributed by atoms with Crippen molar-refractivity contribution in [3.8, 4) is 0 Å². The maximum absolute atomic E-state index is 12.6. The van der Waals surface area contributed by atoms with E-state index in [2.05, 4.69) is 0 Å². The van der Waals surface area contributed by atoms with Gasteiger partial charge in [-0.05, 0) is 12.3 Å². The molecule has 0 radical (unpaired) electrons. The number of ketones is 1. The summed E-state index contributed by atoms with van der Waals surface area (Å²) in [6, 6.07) is 0. The minimum absolute atomic E-state index is 0.0647. The molecule has 21 heavy (non-hydrogen) atoms. The highest BCUT2D eigenvalue weighted by molar-refractivity contribution is 5.93. The predicted octanol–water partition coefficient (Wildman–Crippen LogP) is -0.817. The van der Waals surface area contributed by atoms with Crippen LogP contribution in [0.2, 0.25) is 0 Å². The van der Waals surface area contributed by atoms with Crippen molar-refractivity contribution in [1.29, 1.82) is 0 Å². The molecule has 1 saturated heterocycles. The van der Waals surface area contributed by atoms with Gasteiger partial charge >= 0.3 is 0 Å². The maximum atomic E-state index is 12.6. The Kier molecular flexibility index (Phi) is 2.16. The highest BCUT2D eigenvalue weighted by Gasteiger charge is 2.93. The zero-order valence-corrected chi connectivity index (χ0v) is 12.5. The summed E-state index contributed by atoms with van der Waals surface area (Å²) in [5.41, 5.74) is -5.47. The van der Waals surface area contributed by atoms with Crippen molar-refractivity contribution < 1.29 is 30.0 Å². The van der Waals surface area contributed by atoms with Gasteiger partial charge in [-0.2, -0.15) is 0 Å². The third kappa shape index (κ3) is 0.895. The standard InChI is InChI=1S/C15H22O6/c1-7-4-8(16)14(19)11(2)6-21-15(20)10(18)13(7,14)5-9(17)12(11,15)3/h7,9-10,17-20H,4-6H2,1-3H3. The van der Waals surface area contributed by atoms with E-state index in [1.54, 1.807) is 20.8 Å². The first kappa shape index (κ1) is 14.1. The number of fused-ring (bicyclic) bond motifs is 1. The molecule has 1 heterocycles. The molecule has 8 unspecified atom stereocenters. The number of aliphatic hydroxyl groups excluding tert-OH is 2. The number of ether oxygens (including phenoxy) is 1. The molecule has 1 aliphatic heterocycles. The third-order valence-corrected chi connectivity index (χ3v) is 7.77. The van der Waals surface area contributed by atoms with Gasteiger partial charge in [0.2, 0.25) is 5.79 Å². The molecular weight excluding hydrogens is 276 g/mol. The number of aliphatic hydroxyl groups is 4. The van der Waals surface area contributed by atoms with E-state index in [1.807, 2.05) is 0 Å². The van der Waals surface area contributed by atoms with Crippen LogP contribution in [-0.4, -0.2) is 56.4 Å². The molecule has 4 aliphatic carbocycles. The Bertz CT molecular complexity index is 564. The van der Waals surface area contributed by atoms with Gasteiger partial charge < -0.3 is 25.2 Å². The number of hydrogen-bond donors (Lipinski definition) is 4. The van der Waals surface area contributed by atoms with Crippen LogP contribution in [0.3, 0.4) is 0 Å². The third-order valence-electron chi connectivity index (χ3n) is 7.77. The molecule has 118 valence electrons. The molecule has 8 atom stereocenters. The van der Waals surface area contributed by atoms with Crippen LogP contribution in [0.1, 0.15) is 33.6 Å². The topological polar surface area (TPSA) is 107 Å². The van der Waals surface area contributed by atoms with Crippen LogP contribution in [0.5, 0.6) is 0 Å². The molecule has 4 N–H and O–H groups in total. The lowest BCUT2D eigenvalue weighted by Gasteiger charge is -2.71. The Hall–Kier alpha value is -0.530. The van der Waals surface area contributed by atoms with Gasteiger partial charge in [0.15, 0.2) is 5.78 Å². The lowest BCUT2D eigenvalue weighted by Crippen LogP contribution is -2.85. The van der Waals surface area contributed by atoms with Crippen molar-refractivity contribution in [1.82, 2.24) is 0 Å². The Labute approximate surface area is 122 Å². The Morgan fingerprint density at radius 2 is 1.86 bits per heavy atom. The van der Waals surface area contributed by atoms with Gasteiger partial charge in [0.25, 0.3) is 0 Å². The monoisotopic (exact) mass is 298 g/mol. The van der Waals surface area contributed by atoms with Gasteiger partial charge in [-0.3, -0.25) is 4.79 Å². The van der Waals surface area contributed by atoms with Crippen LogP contribution in [0, 0.1) is 22.2 Å². The molecule has 6 heteroatoms. The van der Waals surface area contributed by atoms with E-state index in [0.29, 0.717) is 0 Å². The normalized spacial score (nSPS) is 68.5. The van der Waals surface area contributed by atoms with E-state index in [1.165, 1.54) is 0 Å². The summed E-state index contributed by atoms with van der Waals surface area (Å²) < 4.78 is 5.51. The van der Waals surface area contributed by atoms with E-state index < -0.39 is 39.8 Å². The molecule has 4 saturated carbocycles. The largest absolute Gasteiger partial charge is 0.392 e. The SMILES string of the molecule is CC1CC(=O)C2(O)C13CC(O)C1(C)C(O)(OCC21C)C3O. The number of Topliss-reactive ketones (excluding diaryl/α,β-unsaturated/α-hetero) is 1. The molecule has 5 fully saturated rings. The van der Waals surface area contributed by atoms with Crippen molar-refractivity contribution in [3.05, 3.63) is 0 Å². The van der Waals surface area contributed by atoms with Crippen molar-refractivity contribution in [2.45, 2.75) is 57.2 Å². The summed E-state index contributed by atoms with van der Waals surface area (Å²) in [6.45, 7) is 5.01. The van der Waals surface area contributed by atoms with Gasteiger partial charge in [-0.25, -0.2) is 0 Å². The van der Waals surface area contributed by atoms with Gasteiger partial charge in [-0.1, -0.05) is 20.8 Å². The molecule has 0 aromatic rings. The first-order chi connectivity index (χ1) is 9.54. The van der Waals surface area contributed by atoms with Crippen LogP contribution >= 0.6 is 0 Å². The first-order valence-electron chi connectivity index (χ1n) is 7.52. The van der Waals surface area contributed by atoms with Crippen LogP contribution in [0.4, 0.5) is 0 Å². The summed E-state index contributed by atoms with van der Waals surface area (Å²) >= 11 is 0. The number of carbonyl (C=O) groups excluding carboxylic acids is 1. The fraction of sp³-hybridized carbons (Fsp3) is 0.933. The van der Waals surface area contributed by atoms with E-state index in [4.69, 9.17) is 4.74 Å². The van der Waals surface area contributed by atoms with Crippen LogP contribution in [0.25, 0.3) is 0 Å².